The van der Waals surface area contributed by atoms with Crippen molar-refractivity contribution in [3.05, 3.63) is 48.2 Å². The van der Waals surface area contributed by atoms with Gasteiger partial charge in [-0.2, -0.15) is 0 Å². The van der Waals surface area contributed by atoms with Crippen molar-refractivity contribution in [1.29, 1.82) is 0 Å². The number of aromatic nitrogens is 3. The summed E-state index contributed by atoms with van der Waals surface area (Å²) in [6.07, 6.45) is 6.67. The largest absolute Gasteiger partial charge is 0.359 e. The van der Waals surface area contributed by atoms with E-state index in [9.17, 15) is 0 Å². The summed E-state index contributed by atoms with van der Waals surface area (Å²) in [6.45, 7) is 4.11. The molecule has 0 bridgehead atoms. The van der Waals surface area contributed by atoms with Crippen LogP contribution in [0.2, 0.25) is 0 Å². The zero-order valence-corrected chi connectivity index (χ0v) is 13.5. The summed E-state index contributed by atoms with van der Waals surface area (Å²) >= 11 is 0. The van der Waals surface area contributed by atoms with Crippen LogP contribution in [0, 0.1) is 12.8 Å². The summed E-state index contributed by atoms with van der Waals surface area (Å²) in [4.78, 5) is 17.5. The van der Waals surface area contributed by atoms with Crippen molar-refractivity contribution in [3.63, 3.8) is 0 Å². The summed E-state index contributed by atoms with van der Waals surface area (Å²) < 4.78 is 0. The van der Waals surface area contributed by atoms with E-state index in [1.165, 1.54) is 12.0 Å². The maximum Gasteiger partial charge on any atom is 0.131 e. The third-order valence-electron chi connectivity index (χ3n) is 4.49. The molecule has 116 valence electrons. The lowest BCUT2D eigenvalue weighted by atomic mass is 9.94. The van der Waals surface area contributed by atoms with Crippen molar-refractivity contribution in [2.75, 3.05) is 32.1 Å². The van der Waals surface area contributed by atoms with E-state index in [1.54, 1.807) is 6.33 Å². The summed E-state index contributed by atoms with van der Waals surface area (Å²) in [6, 6.07) is 6.67. The molecule has 1 fully saturated rings. The molecule has 22 heavy (non-hydrogen) atoms. The van der Waals surface area contributed by atoms with Crippen LogP contribution in [0.25, 0.3) is 0 Å². The van der Waals surface area contributed by atoms with E-state index in [0.29, 0.717) is 12.0 Å². The van der Waals surface area contributed by atoms with Crippen LogP contribution < -0.4 is 4.90 Å². The number of likely N-dealkylation sites (tertiary alicyclic amines) is 1. The van der Waals surface area contributed by atoms with Crippen LogP contribution in [-0.4, -0.2) is 47.0 Å². The zero-order chi connectivity index (χ0) is 15.5. The fraction of sp³-hybridized carbons (Fsp3) is 0.471. The molecule has 0 saturated carbocycles. The van der Waals surface area contributed by atoms with Gasteiger partial charge in [0.05, 0.1) is 0 Å². The topological polar surface area (TPSA) is 45.2 Å². The van der Waals surface area contributed by atoms with E-state index in [-0.39, 0.29) is 0 Å². The lowest BCUT2D eigenvalue weighted by Gasteiger charge is -2.29. The lowest BCUT2D eigenvalue weighted by Crippen LogP contribution is -2.30. The van der Waals surface area contributed by atoms with E-state index in [1.807, 2.05) is 31.5 Å². The fourth-order valence-electron chi connectivity index (χ4n) is 3.39. The van der Waals surface area contributed by atoms with Crippen LogP contribution in [0.4, 0.5) is 5.82 Å². The third-order valence-corrected chi connectivity index (χ3v) is 4.49. The number of anilines is 1. The standard InChI is InChI=1S/C17H23N5/c1-13-9-16(20-12-19-13)22(3)11-15-6-8-21(2)17(15)14-5-4-7-18-10-14/h4-5,7,9-10,12,15,17H,6,8,11H2,1-3H3/t15-,17-/m0/s1. The maximum absolute atomic E-state index is 4.39. The Labute approximate surface area is 132 Å². The van der Waals surface area contributed by atoms with Crippen LogP contribution in [0.15, 0.2) is 36.9 Å². The van der Waals surface area contributed by atoms with Gasteiger partial charge in [0, 0.05) is 43.8 Å². The first-order valence-electron chi connectivity index (χ1n) is 7.75. The van der Waals surface area contributed by atoms with Gasteiger partial charge in [-0.05, 0) is 44.5 Å². The lowest BCUT2D eigenvalue weighted by molar-refractivity contribution is 0.278. The van der Waals surface area contributed by atoms with Crippen molar-refractivity contribution in [2.24, 2.45) is 5.92 Å². The minimum Gasteiger partial charge on any atom is -0.359 e. The van der Waals surface area contributed by atoms with Crippen molar-refractivity contribution < 1.29 is 0 Å². The molecule has 0 aliphatic carbocycles. The second kappa shape index (κ2) is 6.40. The summed E-state index contributed by atoms with van der Waals surface area (Å²) in [5.74, 6) is 1.57. The van der Waals surface area contributed by atoms with E-state index >= 15 is 0 Å². The second-order valence-electron chi connectivity index (χ2n) is 6.16. The molecule has 5 nitrogen and oxygen atoms in total. The quantitative estimate of drug-likeness (QED) is 0.866. The molecule has 2 atom stereocenters. The Kier molecular flexibility index (Phi) is 4.34. The van der Waals surface area contributed by atoms with Gasteiger partial charge in [0.25, 0.3) is 0 Å². The Morgan fingerprint density at radius 3 is 2.95 bits per heavy atom. The Morgan fingerprint density at radius 1 is 1.36 bits per heavy atom. The second-order valence-corrected chi connectivity index (χ2v) is 6.16. The fourth-order valence-corrected chi connectivity index (χ4v) is 3.39. The normalized spacial score (nSPS) is 22.0. The van der Waals surface area contributed by atoms with E-state index in [0.717, 1.165) is 24.6 Å². The molecule has 3 rings (SSSR count). The molecule has 5 heteroatoms. The summed E-state index contributed by atoms with van der Waals surface area (Å²) in [5.41, 5.74) is 2.31. The first-order chi connectivity index (χ1) is 10.6. The molecule has 3 heterocycles. The van der Waals surface area contributed by atoms with Crippen LogP contribution >= 0.6 is 0 Å². The highest BCUT2D eigenvalue weighted by molar-refractivity contribution is 5.37. The van der Waals surface area contributed by atoms with Gasteiger partial charge in [0.2, 0.25) is 0 Å². The zero-order valence-electron chi connectivity index (χ0n) is 13.5. The minimum atomic E-state index is 0.430. The van der Waals surface area contributed by atoms with Crippen LogP contribution in [0.5, 0.6) is 0 Å². The first kappa shape index (κ1) is 14.9. The predicted molar refractivity (Wildman–Crippen MR) is 87.8 cm³/mol. The number of aryl methyl sites for hydroxylation is 1. The van der Waals surface area contributed by atoms with Gasteiger partial charge in [-0.1, -0.05) is 6.07 Å². The maximum atomic E-state index is 4.39. The van der Waals surface area contributed by atoms with E-state index in [4.69, 9.17) is 0 Å². The Balaban J connectivity index is 1.76. The van der Waals surface area contributed by atoms with Gasteiger partial charge in [0.15, 0.2) is 0 Å². The number of hydrogen-bond acceptors (Lipinski definition) is 5. The Bertz CT molecular complexity index is 615. The van der Waals surface area contributed by atoms with Crippen LogP contribution in [-0.2, 0) is 0 Å². The van der Waals surface area contributed by atoms with E-state index < -0.39 is 0 Å². The van der Waals surface area contributed by atoms with Crippen molar-refractivity contribution >= 4 is 5.82 Å². The highest BCUT2D eigenvalue weighted by Gasteiger charge is 2.33. The average molecular weight is 297 g/mol. The average Bonchev–Trinajstić information content (AvgIpc) is 2.89. The molecule has 0 radical (unpaired) electrons. The van der Waals surface area contributed by atoms with Gasteiger partial charge < -0.3 is 4.90 Å². The van der Waals surface area contributed by atoms with Crippen LogP contribution in [0.1, 0.15) is 23.7 Å². The minimum absolute atomic E-state index is 0.430. The van der Waals surface area contributed by atoms with E-state index in [2.05, 4.69) is 44.9 Å². The predicted octanol–water partition coefficient (Wildman–Crippen LogP) is 2.31. The SMILES string of the molecule is Cc1cc(N(C)C[C@@H]2CCN(C)[C@H]2c2cccnc2)ncn1. The number of hydrogen-bond donors (Lipinski definition) is 0. The molecule has 2 aromatic heterocycles. The number of nitrogens with zero attached hydrogens (tertiary/aromatic N) is 5. The van der Waals surface area contributed by atoms with Crippen molar-refractivity contribution in [2.45, 2.75) is 19.4 Å². The molecule has 0 unspecified atom stereocenters. The van der Waals surface area contributed by atoms with Crippen molar-refractivity contribution in [3.8, 4) is 0 Å². The first-order valence-corrected chi connectivity index (χ1v) is 7.75. The Morgan fingerprint density at radius 2 is 2.23 bits per heavy atom. The highest BCUT2D eigenvalue weighted by Crippen LogP contribution is 2.36. The van der Waals surface area contributed by atoms with Crippen molar-refractivity contribution in [1.82, 2.24) is 19.9 Å². The van der Waals surface area contributed by atoms with Gasteiger partial charge in [-0.25, -0.2) is 9.97 Å². The van der Waals surface area contributed by atoms with Gasteiger partial charge >= 0.3 is 0 Å². The molecule has 0 aromatic carbocycles. The molecule has 1 aliphatic heterocycles. The summed E-state index contributed by atoms with van der Waals surface area (Å²) in [5, 5.41) is 0. The molecule has 0 N–H and O–H groups in total. The highest BCUT2D eigenvalue weighted by atomic mass is 15.2. The summed E-state index contributed by atoms with van der Waals surface area (Å²) in [7, 11) is 4.31. The third kappa shape index (κ3) is 3.09. The van der Waals surface area contributed by atoms with Gasteiger partial charge in [-0.3, -0.25) is 9.88 Å². The monoisotopic (exact) mass is 297 g/mol. The molecular weight excluding hydrogens is 274 g/mol. The molecular formula is C17H23N5. The molecule has 1 aliphatic rings. The molecule has 2 aromatic rings. The number of pyridine rings is 1. The molecule has 0 amide bonds. The van der Waals surface area contributed by atoms with Gasteiger partial charge in [-0.15, -0.1) is 0 Å². The number of rotatable bonds is 4. The van der Waals surface area contributed by atoms with Gasteiger partial charge in [0.1, 0.15) is 12.1 Å². The smallest absolute Gasteiger partial charge is 0.131 e. The molecule has 1 saturated heterocycles. The Hall–Kier alpha value is -2.01. The molecule has 0 spiro atoms. The van der Waals surface area contributed by atoms with Crippen LogP contribution in [0.3, 0.4) is 0 Å².